The quantitative estimate of drug-likeness (QED) is 0.744. The molecule has 7 nitrogen and oxygen atoms in total. The van der Waals surface area contributed by atoms with Crippen LogP contribution in [-0.2, 0) is 17.9 Å². The second-order valence-electron chi connectivity index (χ2n) is 5.59. The van der Waals surface area contributed by atoms with Crippen LogP contribution >= 0.6 is 0 Å². The minimum Gasteiger partial charge on any atom is -0.497 e. The number of tetrazole rings is 1. The fraction of sp³-hybridized carbons (Fsp3) is 0.222. The Bertz CT molecular complexity index is 875. The maximum Gasteiger partial charge on any atom is 0.243 e. The van der Waals surface area contributed by atoms with Gasteiger partial charge < -0.3 is 10.1 Å². The van der Waals surface area contributed by atoms with Crippen LogP contribution in [0, 0.1) is 6.92 Å². The number of nitrogens with one attached hydrogen (secondary N) is 1. The molecule has 7 heteroatoms. The SMILES string of the molecule is COc1cccc(CNC(=O)Cn2nnc(-c3ccccc3C)n2)c1. The van der Waals surface area contributed by atoms with E-state index >= 15 is 0 Å². The molecule has 1 N–H and O–H groups in total. The summed E-state index contributed by atoms with van der Waals surface area (Å²) in [4.78, 5) is 13.4. The first-order chi connectivity index (χ1) is 12.2. The minimum absolute atomic E-state index is 0.0167. The van der Waals surface area contributed by atoms with Crippen LogP contribution in [0.15, 0.2) is 48.5 Å². The number of methoxy groups -OCH3 is 1. The molecule has 0 bridgehead atoms. The number of rotatable bonds is 6. The fourth-order valence-corrected chi connectivity index (χ4v) is 2.41. The monoisotopic (exact) mass is 337 g/mol. The fourth-order valence-electron chi connectivity index (χ4n) is 2.41. The number of aromatic nitrogens is 4. The van der Waals surface area contributed by atoms with Crippen molar-refractivity contribution in [1.29, 1.82) is 0 Å². The smallest absolute Gasteiger partial charge is 0.243 e. The highest BCUT2D eigenvalue weighted by Crippen LogP contribution is 2.17. The van der Waals surface area contributed by atoms with E-state index in [1.54, 1.807) is 7.11 Å². The van der Waals surface area contributed by atoms with Crippen molar-refractivity contribution in [3.63, 3.8) is 0 Å². The highest BCUT2D eigenvalue weighted by atomic mass is 16.5. The van der Waals surface area contributed by atoms with E-state index < -0.39 is 0 Å². The number of aryl methyl sites for hydroxylation is 1. The van der Waals surface area contributed by atoms with Gasteiger partial charge in [0.25, 0.3) is 0 Å². The summed E-state index contributed by atoms with van der Waals surface area (Å²) in [6, 6.07) is 15.3. The van der Waals surface area contributed by atoms with E-state index in [-0.39, 0.29) is 12.5 Å². The molecule has 1 aromatic heterocycles. The van der Waals surface area contributed by atoms with Gasteiger partial charge in [-0.05, 0) is 35.4 Å². The van der Waals surface area contributed by atoms with Crippen molar-refractivity contribution < 1.29 is 9.53 Å². The lowest BCUT2D eigenvalue weighted by molar-refractivity contribution is -0.122. The van der Waals surface area contributed by atoms with E-state index in [1.807, 2.05) is 55.5 Å². The van der Waals surface area contributed by atoms with Crippen molar-refractivity contribution in [1.82, 2.24) is 25.5 Å². The number of benzene rings is 2. The van der Waals surface area contributed by atoms with Crippen LogP contribution in [0.2, 0.25) is 0 Å². The second-order valence-corrected chi connectivity index (χ2v) is 5.59. The number of amides is 1. The lowest BCUT2D eigenvalue weighted by atomic mass is 10.1. The molecule has 0 aliphatic carbocycles. The molecule has 25 heavy (non-hydrogen) atoms. The molecule has 0 saturated heterocycles. The average Bonchev–Trinajstić information content (AvgIpc) is 3.08. The summed E-state index contributed by atoms with van der Waals surface area (Å²) in [5, 5.41) is 15.1. The molecule has 3 aromatic rings. The number of hydrogen-bond acceptors (Lipinski definition) is 5. The van der Waals surface area contributed by atoms with Gasteiger partial charge in [0.15, 0.2) is 0 Å². The van der Waals surface area contributed by atoms with Crippen LogP contribution in [0.1, 0.15) is 11.1 Å². The molecule has 0 spiro atoms. The zero-order valence-corrected chi connectivity index (χ0v) is 14.1. The summed E-state index contributed by atoms with van der Waals surface area (Å²) >= 11 is 0. The largest absolute Gasteiger partial charge is 0.497 e. The van der Waals surface area contributed by atoms with Gasteiger partial charge in [0.05, 0.1) is 7.11 Å². The minimum atomic E-state index is -0.184. The molecule has 0 radical (unpaired) electrons. The highest BCUT2D eigenvalue weighted by Gasteiger charge is 2.10. The molecule has 1 heterocycles. The Morgan fingerprint density at radius 3 is 2.84 bits per heavy atom. The van der Waals surface area contributed by atoms with Crippen LogP contribution in [0.3, 0.4) is 0 Å². The van der Waals surface area contributed by atoms with Crippen molar-refractivity contribution in [2.24, 2.45) is 0 Å². The van der Waals surface area contributed by atoms with Gasteiger partial charge in [0, 0.05) is 12.1 Å². The third kappa shape index (κ3) is 4.20. The predicted molar refractivity (Wildman–Crippen MR) is 92.8 cm³/mol. The summed E-state index contributed by atoms with van der Waals surface area (Å²) in [5.41, 5.74) is 2.93. The Labute approximate surface area is 145 Å². The summed E-state index contributed by atoms with van der Waals surface area (Å²) in [6.07, 6.45) is 0. The first-order valence-electron chi connectivity index (χ1n) is 7.89. The predicted octanol–water partition coefficient (Wildman–Crippen LogP) is 1.97. The molecule has 128 valence electrons. The Morgan fingerprint density at radius 2 is 2.04 bits per heavy atom. The van der Waals surface area contributed by atoms with Gasteiger partial charge in [-0.1, -0.05) is 36.4 Å². The molecule has 1 amide bonds. The van der Waals surface area contributed by atoms with E-state index in [4.69, 9.17) is 4.74 Å². The zero-order valence-electron chi connectivity index (χ0n) is 14.1. The van der Waals surface area contributed by atoms with Gasteiger partial charge in [-0.15, -0.1) is 10.2 Å². The Kier molecular flexibility index (Phi) is 5.03. The molecule has 0 aliphatic heterocycles. The molecule has 3 rings (SSSR count). The van der Waals surface area contributed by atoms with E-state index in [2.05, 4.69) is 20.7 Å². The maximum absolute atomic E-state index is 12.1. The number of hydrogen-bond donors (Lipinski definition) is 1. The topological polar surface area (TPSA) is 81.9 Å². The Hall–Kier alpha value is -3.22. The van der Waals surface area contributed by atoms with Gasteiger partial charge in [-0.3, -0.25) is 4.79 Å². The van der Waals surface area contributed by atoms with Crippen LogP contribution in [-0.4, -0.2) is 33.2 Å². The van der Waals surface area contributed by atoms with Crippen molar-refractivity contribution in [2.75, 3.05) is 7.11 Å². The van der Waals surface area contributed by atoms with Gasteiger partial charge in [0.2, 0.25) is 11.7 Å². The number of carbonyl (C=O) groups excluding carboxylic acids is 1. The summed E-state index contributed by atoms with van der Waals surface area (Å²) < 4.78 is 5.17. The molecule has 0 fully saturated rings. The number of carbonyl (C=O) groups is 1. The summed E-state index contributed by atoms with van der Waals surface area (Å²) in [5.74, 6) is 1.09. The summed E-state index contributed by atoms with van der Waals surface area (Å²) in [6.45, 7) is 2.41. The maximum atomic E-state index is 12.1. The first-order valence-corrected chi connectivity index (χ1v) is 7.89. The van der Waals surface area contributed by atoms with Crippen LogP contribution in [0.5, 0.6) is 5.75 Å². The van der Waals surface area contributed by atoms with E-state index in [9.17, 15) is 4.79 Å². The molecule has 0 aliphatic rings. The normalized spacial score (nSPS) is 10.5. The van der Waals surface area contributed by atoms with Crippen molar-refractivity contribution >= 4 is 5.91 Å². The summed E-state index contributed by atoms with van der Waals surface area (Å²) in [7, 11) is 1.61. The van der Waals surface area contributed by atoms with Crippen molar-refractivity contribution in [3.8, 4) is 17.1 Å². The third-order valence-corrected chi connectivity index (χ3v) is 3.75. The lowest BCUT2D eigenvalue weighted by Crippen LogP contribution is -2.28. The van der Waals surface area contributed by atoms with Gasteiger partial charge in [-0.2, -0.15) is 4.80 Å². The standard InChI is InChI=1S/C18H19N5O2/c1-13-6-3-4-9-16(13)18-20-22-23(21-18)12-17(24)19-11-14-7-5-8-15(10-14)25-2/h3-10H,11-12H2,1-2H3,(H,19,24). The Morgan fingerprint density at radius 1 is 1.20 bits per heavy atom. The molecule has 2 aromatic carbocycles. The van der Waals surface area contributed by atoms with Gasteiger partial charge in [-0.25, -0.2) is 0 Å². The molecular weight excluding hydrogens is 318 g/mol. The number of nitrogens with zero attached hydrogens (tertiary/aromatic N) is 4. The third-order valence-electron chi connectivity index (χ3n) is 3.75. The Balaban J connectivity index is 1.59. The first kappa shape index (κ1) is 16.6. The van der Waals surface area contributed by atoms with Gasteiger partial charge >= 0.3 is 0 Å². The van der Waals surface area contributed by atoms with Crippen molar-refractivity contribution in [3.05, 3.63) is 59.7 Å². The molecule has 0 atom stereocenters. The second kappa shape index (κ2) is 7.57. The molecule has 0 unspecified atom stereocenters. The molecular formula is C18H19N5O2. The van der Waals surface area contributed by atoms with Crippen LogP contribution < -0.4 is 10.1 Å². The lowest BCUT2D eigenvalue weighted by Gasteiger charge is -2.06. The van der Waals surface area contributed by atoms with E-state index in [0.717, 1.165) is 22.4 Å². The molecule has 0 saturated carbocycles. The van der Waals surface area contributed by atoms with Crippen molar-refractivity contribution in [2.45, 2.75) is 20.0 Å². The average molecular weight is 337 g/mol. The highest BCUT2D eigenvalue weighted by molar-refractivity contribution is 5.75. The van der Waals surface area contributed by atoms with E-state index in [0.29, 0.717) is 12.4 Å². The number of ether oxygens (including phenoxy) is 1. The van der Waals surface area contributed by atoms with Crippen LogP contribution in [0.4, 0.5) is 0 Å². The van der Waals surface area contributed by atoms with E-state index in [1.165, 1.54) is 4.80 Å². The van der Waals surface area contributed by atoms with Crippen LogP contribution in [0.25, 0.3) is 11.4 Å². The zero-order chi connectivity index (χ0) is 17.6. The van der Waals surface area contributed by atoms with Gasteiger partial charge in [0.1, 0.15) is 12.3 Å².